The van der Waals surface area contributed by atoms with Gasteiger partial charge in [-0.25, -0.2) is 0 Å². The number of esters is 1. The Balaban J connectivity index is 2.64. The highest BCUT2D eigenvalue weighted by Gasteiger charge is 2.20. The zero-order chi connectivity index (χ0) is 14.4. The van der Waals surface area contributed by atoms with Gasteiger partial charge < -0.3 is 9.47 Å². The van der Waals surface area contributed by atoms with Crippen LogP contribution in [0.15, 0.2) is 18.2 Å². The van der Waals surface area contributed by atoms with Crippen LogP contribution in [0.5, 0.6) is 5.75 Å². The lowest BCUT2D eigenvalue weighted by molar-refractivity contribution is -0.146. The maximum Gasteiger partial charge on any atom is 0.313 e. The van der Waals surface area contributed by atoms with E-state index in [-0.39, 0.29) is 18.8 Å². The highest BCUT2D eigenvalue weighted by molar-refractivity contribution is 6.31. The van der Waals surface area contributed by atoms with E-state index in [2.05, 4.69) is 0 Å². The van der Waals surface area contributed by atoms with Crippen molar-refractivity contribution in [3.8, 4) is 5.75 Å². The maximum absolute atomic E-state index is 11.8. The fraction of sp³-hybridized carbons (Fsp3) is 0.429. The quantitative estimate of drug-likeness (QED) is 0.595. The van der Waals surface area contributed by atoms with Crippen molar-refractivity contribution >= 4 is 23.4 Å². The summed E-state index contributed by atoms with van der Waals surface area (Å²) in [7, 11) is 0. The van der Waals surface area contributed by atoms with Crippen molar-refractivity contribution in [3.05, 3.63) is 28.8 Å². The van der Waals surface area contributed by atoms with Crippen molar-refractivity contribution in [1.82, 2.24) is 0 Å². The van der Waals surface area contributed by atoms with E-state index in [1.165, 1.54) is 0 Å². The Morgan fingerprint density at radius 1 is 1.37 bits per heavy atom. The van der Waals surface area contributed by atoms with Gasteiger partial charge in [-0.1, -0.05) is 17.7 Å². The molecule has 0 heterocycles. The number of hydrogen-bond acceptors (Lipinski definition) is 4. The SMILES string of the molecule is CCOC(=O)CC(=O)C(C)Oc1cccc(Cl)c1C. The van der Waals surface area contributed by atoms with Crippen LogP contribution in [-0.4, -0.2) is 24.5 Å². The van der Waals surface area contributed by atoms with Gasteiger partial charge in [-0.05, 0) is 32.9 Å². The molecule has 4 nitrogen and oxygen atoms in total. The zero-order valence-electron chi connectivity index (χ0n) is 11.2. The Morgan fingerprint density at radius 2 is 2.05 bits per heavy atom. The maximum atomic E-state index is 11.8. The van der Waals surface area contributed by atoms with Crippen LogP contribution < -0.4 is 4.74 Å². The van der Waals surface area contributed by atoms with Gasteiger partial charge in [0, 0.05) is 10.6 Å². The fourth-order valence-corrected chi connectivity index (χ4v) is 1.64. The average molecular weight is 285 g/mol. The molecule has 0 aliphatic rings. The van der Waals surface area contributed by atoms with Crippen LogP contribution in [0.25, 0.3) is 0 Å². The van der Waals surface area contributed by atoms with Gasteiger partial charge in [-0.15, -0.1) is 0 Å². The minimum absolute atomic E-state index is 0.259. The van der Waals surface area contributed by atoms with Crippen molar-refractivity contribution < 1.29 is 19.1 Å². The minimum atomic E-state index is -0.721. The lowest BCUT2D eigenvalue weighted by Gasteiger charge is -2.15. The zero-order valence-corrected chi connectivity index (χ0v) is 12.0. The smallest absolute Gasteiger partial charge is 0.313 e. The summed E-state index contributed by atoms with van der Waals surface area (Å²) in [5.41, 5.74) is 0.764. The molecule has 0 bridgehead atoms. The molecule has 104 valence electrons. The molecule has 1 rings (SSSR count). The van der Waals surface area contributed by atoms with E-state index in [4.69, 9.17) is 21.1 Å². The minimum Gasteiger partial charge on any atom is -0.483 e. The molecule has 0 saturated carbocycles. The van der Waals surface area contributed by atoms with Crippen molar-refractivity contribution in [2.24, 2.45) is 0 Å². The van der Waals surface area contributed by atoms with E-state index in [1.54, 1.807) is 39.0 Å². The van der Waals surface area contributed by atoms with Crippen LogP contribution in [-0.2, 0) is 14.3 Å². The molecular weight excluding hydrogens is 268 g/mol. The molecule has 1 aromatic carbocycles. The number of benzene rings is 1. The molecule has 5 heteroatoms. The summed E-state index contributed by atoms with van der Waals surface area (Å²) in [6.45, 7) is 5.36. The van der Waals surface area contributed by atoms with Crippen molar-refractivity contribution in [2.45, 2.75) is 33.3 Å². The Labute approximate surface area is 117 Å². The first-order valence-electron chi connectivity index (χ1n) is 6.05. The molecule has 0 fully saturated rings. The molecule has 0 aliphatic heterocycles. The molecule has 0 aliphatic carbocycles. The highest BCUT2D eigenvalue weighted by Crippen LogP contribution is 2.26. The molecule has 1 atom stereocenters. The number of halogens is 1. The molecule has 19 heavy (non-hydrogen) atoms. The van der Waals surface area contributed by atoms with Gasteiger partial charge in [0.05, 0.1) is 6.61 Å². The number of Topliss-reactive ketones (excluding diaryl/α,β-unsaturated/α-hetero) is 1. The van der Waals surface area contributed by atoms with Gasteiger partial charge in [0.1, 0.15) is 12.2 Å². The van der Waals surface area contributed by atoms with E-state index >= 15 is 0 Å². The summed E-state index contributed by atoms with van der Waals surface area (Å²) in [5, 5.41) is 0.572. The Bertz CT molecular complexity index is 471. The molecule has 0 spiro atoms. The van der Waals surface area contributed by atoms with Crippen LogP contribution in [0.1, 0.15) is 25.8 Å². The Kier molecular flexibility index (Phi) is 5.83. The van der Waals surface area contributed by atoms with Crippen LogP contribution in [0.2, 0.25) is 5.02 Å². The van der Waals surface area contributed by atoms with E-state index in [1.807, 2.05) is 0 Å². The molecule has 0 aromatic heterocycles. The van der Waals surface area contributed by atoms with Gasteiger partial charge in [0.2, 0.25) is 0 Å². The van der Waals surface area contributed by atoms with E-state index in [0.717, 1.165) is 5.56 Å². The number of ketones is 1. The van der Waals surface area contributed by atoms with Gasteiger partial charge in [0.25, 0.3) is 0 Å². The second kappa shape index (κ2) is 7.14. The molecule has 0 N–H and O–H groups in total. The molecule has 0 amide bonds. The predicted molar refractivity (Wildman–Crippen MR) is 72.5 cm³/mol. The van der Waals surface area contributed by atoms with Crippen LogP contribution in [0, 0.1) is 6.92 Å². The standard InChI is InChI=1S/C14H17ClO4/c1-4-18-14(17)8-12(16)10(3)19-13-7-5-6-11(15)9(13)2/h5-7,10H,4,8H2,1-3H3. The van der Waals surface area contributed by atoms with Gasteiger partial charge in [-0.3, -0.25) is 9.59 Å². The summed E-state index contributed by atoms with van der Waals surface area (Å²) >= 11 is 5.96. The monoisotopic (exact) mass is 284 g/mol. The highest BCUT2D eigenvalue weighted by atomic mass is 35.5. The van der Waals surface area contributed by atoms with Crippen LogP contribution >= 0.6 is 11.6 Å². The van der Waals surface area contributed by atoms with Crippen LogP contribution in [0.3, 0.4) is 0 Å². The first-order chi connectivity index (χ1) is 8.95. The number of carbonyl (C=O) groups is 2. The van der Waals surface area contributed by atoms with Gasteiger partial charge >= 0.3 is 5.97 Å². The summed E-state index contributed by atoms with van der Waals surface area (Å²) < 4.78 is 10.2. The summed E-state index contributed by atoms with van der Waals surface area (Å²) in [6, 6.07) is 5.22. The lowest BCUT2D eigenvalue weighted by atomic mass is 10.2. The second-order valence-electron chi connectivity index (χ2n) is 4.07. The van der Waals surface area contributed by atoms with E-state index < -0.39 is 12.1 Å². The Morgan fingerprint density at radius 3 is 2.68 bits per heavy atom. The third kappa shape index (κ3) is 4.56. The molecule has 1 unspecified atom stereocenters. The number of rotatable bonds is 6. The normalized spacial score (nSPS) is 11.8. The lowest BCUT2D eigenvalue weighted by Crippen LogP contribution is -2.27. The van der Waals surface area contributed by atoms with Gasteiger partial charge in [-0.2, -0.15) is 0 Å². The molecule has 0 saturated heterocycles. The Hall–Kier alpha value is -1.55. The van der Waals surface area contributed by atoms with Gasteiger partial charge in [0.15, 0.2) is 11.9 Å². The summed E-state index contributed by atoms with van der Waals surface area (Å²) in [6.07, 6.45) is -1.00. The molecular formula is C14H17ClO4. The number of carbonyl (C=O) groups excluding carboxylic acids is 2. The number of ether oxygens (including phenoxy) is 2. The average Bonchev–Trinajstić information content (AvgIpc) is 2.35. The van der Waals surface area contributed by atoms with Crippen molar-refractivity contribution in [3.63, 3.8) is 0 Å². The van der Waals surface area contributed by atoms with E-state index in [0.29, 0.717) is 10.8 Å². The predicted octanol–water partition coefficient (Wildman–Crippen LogP) is 2.94. The third-order valence-corrected chi connectivity index (χ3v) is 3.01. The number of hydrogen-bond donors (Lipinski definition) is 0. The molecule has 1 aromatic rings. The van der Waals surface area contributed by atoms with E-state index in [9.17, 15) is 9.59 Å². The first kappa shape index (κ1) is 15.5. The topological polar surface area (TPSA) is 52.6 Å². The van der Waals surface area contributed by atoms with Crippen molar-refractivity contribution in [1.29, 1.82) is 0 Å². The van der Waals surface area contributed by atoms with Crippen molar-refractivity contribution in [2.75, 3.05) is 6.61 Å². The van der Waals surface area contributed by atoms with Crippen LogP contribution in [0.4, 0.5) is 0 Å². The second-order valence-corrected chi connectivity index (χ2v) is 4.48. The molecule has 0 radical (unpaired) electrons. The fourth-order valence-electron chi connectivity index (χ4n) is 1.47. The first-order valence-corrected chi connectivity index (χ1v) is 6.43. The summed E-state index contributed by atoms with van der Waals surface area (Å²) in [5.74, 6) is -0.319. The largest absolute Gasteiger partial charge is 0.483 e. The summed E-state index contributed by atoms with van der Waals surface area (Å²) in [4.78, 5) is 23.0. The third-order valence-electron chi connectivity index (χ3n) is 2.60.